The number of halogens is 1. The number of carbonyl (C=O) groups is 1. The summed E-state index contributed by atoms with van der Waals surface area (Å²) in [5.74, 6) is 3.07. The summed E-state index contributed by atoms with van der Waals surface area (Å²) in [7, 11) is 0. The number of para-hydroxylation sites is 1. The van der Waals surface area contributed by atoms with Crippen LogP contribution in [0.5, 0.6) is 11.6 Å². The summed E-state index contributed by atoms with van der Waals surface area (Å²) in [5, 5.41) is 3.77. The third-order valence-electron chi connectivity index (χ3n) is 4.01. The van der Waals surface area contributed by atoms with Gasteiger partial charge in [0.25, 0.3) is 0 Å². The molecule has 5 nitrogen and oxygen atoms in total. The van der Waals surface area contributed by atoms with E-state index < -0.39 is 18.1 Å². The van der Waals surface area contributed by atoms with Gasteiger partial charge in [0.15, 0.2) is 0 Å². The van der Waals surface area contributed by atoms with E-state index in [-0.39, 0.29) is 5.92 Å². The van der Waals surface area contributed by atoms with Gasteiger partial charge in [-0.15, -0.1) is 6.42 Å². The molecule has 1 aromatic heterocycles. The standard InChI is InChI=1S/C23H25ClN2O3/c1-5-20(29-23(27)22(16(2)3)25-15-14-17(4)24)19-12-9-13-21(26-19)28-18-10-7-6-8-11-18/h1,6-14,16,20,22,25H,15H2,2-4H3/b17-14-. The Bertz CT molecular complexity index is 871. The van der Waals surface area contributed by atoms with Crippen molar-refractivity contribution >= 4 is 17.6 Å². The van der Waals surface area contributed by atoms with Crippen molar-refractivity contribution in [2.45, 2.75) is 32.9 Å². The molecule has 2 unspecified atom stereocenters. The second-order valence-electron chi connectivity index (χ2n) is 6.72. The molecule has 0 aliphatic carbocycles. The van der Waals surface area contributed by atoms with Gasteiger partial charge in [-0.2, -0.15) is 0 Å². The molecule has 1 heterocycles. The van der Waals surface area contributed by atoms with E-state index >= 15 is 0 Å². The van der Waals surface area contributed by atoms with Crippen LogP contribution in [0.4, 0.5) is 0 Å². The van der Waals surface area contributed by atoms with Crippen molar-refractivity contribution in [1.29, 1.82) is 0 Å². The Morgan fingerprint density at radius 3 is 2.59 bits per heavy atom. The minimum atomic E-state index is -0.921. The minimum Gasteiger partial charge on any atom is -0.441 e. The van der Waals surface area contributed by atoms with Crippen LogP contribution in [0.1, 0.15) is 32.6 Å². The molecule has 0 saturated carbocycles. The SMILES string of the molecule is C#CC(OC(=O)C(NC/C=C(/C)Cl)C(C)C)c1cccc(Oc2ccccc2)n1. The summed E-state index contributed by atoms with van der Waals surface area (Å²) in [5.41, 5.74) is 0.424. The number of nitrogens with zero attached hydrogens (tertiary/aromatic N) is 1. The maximum absolute atomic E-state index is 12.7. The van der Waals surface area contributed by atoms with Crippen molar-refractivity contribution in [3.63, 3.8) is 0 Å². The summed E-state index contributed by atoms with van der Waals surface area (Å²) in [6.07, 6.45) is 6.48. The fourth-order valence-electron chi connectivity index (χ4n) is 2.53. The van der Waals surface area contributed by atoms with E-state index in [0.717, 1.165) is 0 Å². The highest BCUT2D eigenvalue weighted by molar-refractivity contribution is 6.29. The number of allylic oxidation sites excluding steroid dienone is 1. The van der Waals surface area contributed by atoms with Crippen molar-refractivity contribution in [2.75, 3.05) is 6.54 Å². The van der Waals surface area contributed by atoms with E-state index in [1.165, 1.54) is 0 Å². The molecule has 0 bridgehead atoms. The summed E-state index contributed by atoms with van der Waals surface area (Å²) in [6, 6.07) is 13.9. The zero-order valence-corrected chi connectivity index (χ0v) is 17.5. The fourth-order valence-corrected chi connectivity index (χ4v) is 2.61. The Kier molecular flexibility index (Phi) is 8.72. The van der Waals surface area contributed by atoms with E-state index in [1.54, 1.807) is 31.2 Å². The van der Waals surface area contributed by atoms with E-state index in [1.807, 2.05) is 44.2 Å². The van der Waals surface area contributed by atoms with Crippen LogP contribution in [0.25, 0.3) is 0 Å². The molecular formula is C23H25ClN2O3. The number of carbonyl (C=O) groups excluding carboxylic acids is 1. The second kappa shape index (κ2) is 11.3. The van der Waals surface area contributed by atoms with Gasteiger partial charge in [-0.1, -0.05) is 61.7 Å². The van der Waals surface area contributed by atoms with E-state index in [9.17, 15) is 4.79 Å². The Morgan fingerprint density at radius 2 is 1.97 bits per heavy atom. The first-order valence-corrected chi connectivity index (χ1v) is 9.70. The Morgan fingerprint density at radius 1 is 1.24 bits per heavy atom. The van der Waals surface area contributed by atoms with Crippen molar-refractivity contribution in [1.82, 2.24) is 10.3 Å². The Labute approximate surface area is 177 Å². The lowest BCUT2D eigenvalue weighted by Gasteiger charge is -2.22. The smallest absolute Gasteiger partial charge is 0.325 e. The van der Waals surface area contributed by atoms with Gasteiger partial charge in [0.2, 0.25) is 12.0 Å². The number of nitrogens with one attached hydrogen (secondary N) is 1. The highest BCUT2D eigenvalue weighted by Crippen LogP contribution is 2.23. The number of pyridine rings is 1. The Balaban J connectivity index is 2.10. The number of aromatic nitrogens is 1. The lowest BCUT2D eigenvalue weighted by Crippen LogP contribution is -2.42. The van der Waals surface area contributed by atoms with Gasteiger partial charge in [0, 0.05) is 17.6 Å². The van der Waals surface area contributed by atoms with Crippen LogP contribution in [0.2, 0.25) is 0 Å². The average molecular weight is 413 g/mol. The van der Waals surface area contributed by atoms with E-state index in [2.05, 4.69) is 16.2 Å². The molecule has 0 radical (unpaired) electrons. The maximum atomic E-state index is 12.7. The predicted molar refractivity (Wildman–Crippen MR) is 115 cm³/mol. The van der Waals surface area contributed by atoms with Crippen molar-refractivity contribution in [3.8, 4) is 24.0 Å². The molecule has 6 heteroatoms. The van der Waals surface area contributed by atoms with Gasteiger partial charge >= 0.3 is 5.97 Å². The lowest BCUT2D eigenvalue weighted by atomic mass is 10.0. The third kappa shape index (κ3) is 7.26. The third-order valence-corrected chi connectivity index (χ3v) is 4.16. The van der Waals surface area contributed by atoms with Crippen LogP contribution in [-0.4, -0.2) is 23.5 Å². The highest BCUT2D eigenvalue weighted by Gasteiger charge is 2.26. The van der Waals surface area contributed by atoms with Crippen molar-refractivity contribution in [3.05, 3.63) is 65.3 Å². The molecule has 0 aliphatic heterocycles. The number of terminal acetylenes is 1. The van der Waals surface area contributed by atoms with Crippen molar-refractivity contribution < 1.29 is 14.3 Å². The summed E-state index contributed by atoms with van der Waals surface area (Å²) in [4.78, 5) is 17.1. The number of hydrogen-bond acceptors (Lipinski definition) is 5. The quantitative estimate of drug-likeness (QED) is 0.471. The zero-order chi connectivity index (χ0) is 21.2. The molecule has 0 saturated heterocycles. The molecule has 2 rings (SSSR count). The molecule has 1 N–H and O–H groups in total. The molecule has 152 valence electrons. The number of ether oxygens (including phenoxy) is 2. The first-order chi connectivity index (χ1) is 13.9. The van der Waals surface area contributed by atoms with Gasteiger partial charge in [-0.25, -0.2) is 4.98 Å². The molecule has 2 atom stereocenters. The van der Waals surface area contributed by atoms with Crippen molar-refractivity contribution in [2.24, 2.45) is 5.92 Å². The summed E-state index contributed by atoms with van der Waals surface area (Å²) in [6.45, 7) is 6.07. The first kappa shape index (κ1) is 22.5. The molecule has 29 heavy (non-hydrogen) atoms. The largest absolute Gasteiger partial charge is 0.441 e. The monoisotopic (exact) mass is 412 g/mol. The molecule has 2 aromatic rings. The van der Waals surface area contributed by atoms with Gasteiger partial charge in [-0.3, -0.25) is 4.79 Å². The molecule has 0 amide bonds. The van der Waals surface area contributed by atoms with Crippen LogP contribution in [0, 0.1) is 18.3 Å². The van der Waals surface area contributed by atoms with Crippen LogP contribution in [0.15, 0.2) is 59.6 Å². The molecule has 0 fully saturated rings. The number of rotatable bonds is 9. The van der Waals surface area contributed by atoms with E-state index in [4.69, 9.17) is 27.5 Å². The maximum Gasteiger partial charge on any atom is 0.325 e. The van der Waals surface area contributed by atoms with Gasteiger partial charge < -0.3 is 14.8 Å². The predicted octanol–water partition coefficient (Wildman–Crippen LogP) is 4.85. The van der Waals surface area contributed by atoms with Crippen LogP contribution in [0.3, 0.4) is 0 Å². The molecular weight excluding hydrogens is 388 g/mol. The van der Waals surface area contributed by atoms with E-state index in [0.29, 0.717) is 28.9 Å². The average Bonchev–Trinajstić information content (AvgIpc) is 2.69. The summed E-state index contributed by atoms with van der Waals surface area (Å²) < 4.78 is 11.3. The fraction of sp³-hybridized carbons (Fsp3) is 0.304. The number of benzene rings is 1. The highest BCUT2D eigenvalue weighted by atomic mass is 35.5. The normalized spacial score (nSPS) is 13.4. The molecule has 0 aliphatic rings. The topological polar surface area (TPSA) is 60.5 Å². The van der Waals surface area contributed by atoms with Gasteiger partial charge in [0.05, 0.1) is 5.69 Å². The second-order valence-corrected chi connectivity index (χ2v) is 7.32. The van der Waals surface area contributed by atoms with Crippen LogP contribution >= 0.6 is 11.6 Å². The number of esters is 1. The number of hydrogen-bond donors (Lipinski definition) is 1. The zero-order valence-electron chi connectivity index (χ0n) is 16.8. The minimum absolute atomic E-state index is 0.00524. The lowest BCUT2D eigenvalue weighted by molar-refractivity contribution is -0.150. The molecule has 1 aromatic carbocycles. The van der Waals surface area contributed by atoms with Gasteiger partial charge in [-0.05, 0) is 31.0 Å². The Hall–Kier alpha value is -2.81. The van der Waals surface area contributed by atoms with Gasteiger partial charge in [0.1, 0.15) is 11.8 Å². The van der Waals surface area contributed by atoms with Crippen LogP contribution < -0.4 is 10.1 Å². The first-order valence-electron chi connectivity index (χ1n) is 9.32. The van der Waals surface area contributed by atoms with Crippen LogP contribution in [-0.2, 0) is 9.53 Å². The molecule has 0 spiro atoms. The summed E-state index contributed by atoms with van der Waals surface area (Å²) >= 11 is 5.84.